The molecule has 2 aromatic carbocycles. The molecule has 4 heteroatoms. The van der Waals surface area contributed by atoms with Crippen molar-refractivity contribution < 1.29 is 4.79 Å². The summed E-state index contributed by atoms with van der Waals surface area (Å²) in [4.78, 5) is 20.1. The number of aromatic nitrogens is 1. The maximum absolute atomic E-state index is 13.3. The summed E-state index contributed by atoms with van der Waals surface area (Å²) in [6.07, 6.45) is 1.94. The first kappa shape index (κ1) is 17.7. The molecule has 3 aromatic rings. The van der Waals surface area contributed by atoms with Crippen molar-refractivity contribution in [2.45, 2.75) is 32.7 Å². The van der Waals surface area contributed by atoms with Crippen molar-refractivity contribution >= 4 is 16.8 Å². The van der Waals surface area contributed by atoms with E-state index in [9.17, 15) is 4.79 Å². The molecule has 1 atom stereocenters. The fraction of sp³-hybridized carbons (Fsp3) is 0.304. The van der Waals surface area contributed by atoms with Crippen LogP contribution in [0.4, 0.5) is 0 Å². The van der Waals surface area contributed by atoms with E-state index in [1.807, 2.05) is 35.2 Å². The summed E-state index contributed by atoms with van der Waals surface area (Å²) in [6.45, 7) is 5.56. The minimum atomic E-state index is 0.0507. The highest BCUT2D eigenvalue weighted by Crippen LogP contribution is 2.28. The van der Waals surface area contributed by atoms with Gasteiger partial charge in [0.1, 0.15) is 0 Å². The van der Waals surface area contributed by atoms with E-state index in [0.29, 0.717) is 12.1 Å². The van der Waals surface area contributed by atoms with E-state index in [-0.39, 0.29) is 11.9 Å². The van der Waals surface area contributed by atoms with Crippen molar-refractivity contribution in [3.05, 3.63) is 65.2 Å². The Morgan fingerprint density at radius 1 is 1.15 bits per heavy atom. The summed E-state index contributed by atoms with van der Waals surface area (Å²) >= 11 is 0. The van der Waals surface area contributed by atoms with E-state index in [2.05, 4.69) is 32.0 Å². The molecule has 4 rings (SSSR count). The van der Waals surface area contributed by atoms with Crippen LogP contribution in [0.25, 0.3) is 22.2 Å². The van der Waals surface area contributed by atoms with Gasteiger partial charge in [-0.2, -0.15) is 0 Å². The third-order valence-electron chi connectivity index (χ3n) is 5.35. The van der Waals surface area contributed by atoms with Gasteiger partial charge in [-0.3, -0.25) is 4.79 Å². The minimum Gasteiger partial charge on any atom is -0.337 e. The highest BCUT2D eigenvalue weighted by atomic mass is 16.2. The summed E-state index contributed by atoms with van der Waals surface area (Å²) in [5, 5.41) is 0.898. The van der Waals surface area contributed by atoms with Crippen molar-refractivity contribution in [3.8, 4) is 11.3 Å². The Hall–Kier alpha value is -2.72. The Morgan fingerprint density at radius 2 is 1.96 bits per heavy atom. The topological polar surface area (TPSA) is 59.2 Å². The Kier molecular flexibility index (Phi) is 4.66. The molecule has 4 nitrogen and oxygen atoms in total. The molecule has 0 saturated carbocycles. The zero-order chi connectivity index (χ0) is 19.0. The van der Waals surface area contributed by atoms with E-state index in [4.69, 9.17) is 10.7 Å². The number of nitrogens with zero attached hydrogens (tertiary/aromatic N) is 2. The second-order valence-corrected chi connectivity index (χ2v) is 7.54. The van der Waals surface area contributed by atoms with Gasteiger partial charge in [0.2, 0.25) is 0 Å². The first-order valence-corrected chi connectivity index (χ1v) is 9.55. The van der Waals surface area contributed by atoms with Crippen LogP contribution in [-0.4, -0.2) is 34.9 Å². The van der Waals surface area contributed by atoms with Crippen molar-refractivity contribution in [3.63, 3.8) is 0 Å². The van der Waals surface area contributed by atoms with Gasteiger partial charge in [-0.1, -0.05) is 42.0 Å². The highest BCUT2D eigenvalue weighted by Gasteiger charge is 2.24. The number of rotatable bonds is 2. The number of hydrogen-bond acceptors (Lipinski definition) is 3. The van der Waals surface area contributed by atoms with Crippen molar-refractivity contribution in [1.82, 2.24) is 9.88 Å². The van der Waals surface area contributed by atoms with Crippen molar-refractivity contribution in [1.29, 1.82) is 0 Å². The second-order valence-electron chi connectivity index (χ2n) is 7.54. The lowest BCUT2D eigenvalue weighted by Gasteiger charge is -2.31. The van der Waals surface area contributed by atoms with Crippen LogP contribution in [0.5, 0.6) is 0 Å². The number of nitrogens with two attached hydrogens (primary N) is 1. The average Bonchev–Trinajstić information content (AvgIpc) is 2.66. The lowest BCUT2D eigenvalue weighted by molar-refractivity contribution is 0.0711. The predicted molar refractivity (Wildman–Crippen MR) is 110 cm³/mol. The number of hydrogen-bond donors (Lipinski definition) is 1. The van der Waals surface area contributed by atoms with Crippen LogP contribution < -0.4 is 5.73 Å². The summed E-state index contributed by atoms with van der Waals surface area (Å²) in [7, 11) is 0. The Morgan fingerprint density at radius 3 is 2.74 bits per heavy atom. The van der Waals surface area contributed by atoms with Crippen LogP contribution in [0, 0.1) is 13.8 Å². The Bertz CT molecular complexity index is 1010. The maximum atomic E-state index is 13.3. The number of pyridine rings is 1. The zero-order valence-electron chi connectivity index (χ0n) is 15.9. The summed E-state index contributed by atoms with van der Waals surface area (Å²) in [6, 6.07) is 16.2. The van der Waals surface area contributed by atoms with Gasteiger partial charge in [0.05, 0.1) is 16.8 Å². The number of amides is 1. The molecule has 1 unspecified atom stereocenters. The van der Waals surface area contributed by atoms with E-state index >= 15 is 0 Å². The molecule has 2 N–H and O–H groups in total. The molecule has 0 spiro atoms. The number of piperidine rings is 1. The van der Waals surface area contributed by atoms with E-state index in [0.717, 1.165) is 47.1 Å². The highest BCUT2D eigenvalue weighted by molar-refractivity contribution is 6.07. The number of likely N-dealkylation sites (tertiary alicyclic amines) is 1. The van der Waals surface area contributed by atoms with Gasteiger partial charge < -0.3 is 10.6 Å². The predicted octanol–water partition coefficient (Wildman–Crippen LogP) is 4.08. The zero-order valence-corrected chi connectivity index (χ0v) is 15.9. The fourth-order valence-electron chi connectivity index (χ4n) is 3.96. The van der Waals surface area contributed by atoms with Crippen molar-refractivity contribution in [2.24, 2.45) is 5.73 Å². The molecule has 1 amide bonds. The van der Waals surface area contributed by atoms with E-state index < -0.39 is 0 Å². The SMILES string of the molecule is Cc1ccc(-c2cc(C(=O)N3CCCC(N)C3)c3ccccc3n2)c(C)c1. The number of carbonyl (C=O) groups excluding carboxylic acids is 1. The Balaban J connectivity index is 1.85. The number of fused-ring (bicyclic) bond motifs is 1. The van der Waals surface area contributed by atoms with Crippen LogP contribution >= 0.6 is 0 Å². The Labute approximate surface area is 160 Å². The van der Waals surface area contributed by atoms with E-state index in [1.165, 1.54) is 5.56 Å². The summed E-state index contributed by atoms with van der Waals surface area (Å²) < 4.78 is 0. The van der Waals surface area contributed by atoms with Crippen LogP contribution in [0.2, 0.25) is 0 Å². The number of aryl methyl sites for hydroxylation is 2. The average molecular weight is 359 g/mol. The molecule has 0 bridgehead atoms. The second kappa shape index (κ2) is 7.12. The lowest BCUT2D eigenvalue weighted by atomic mass is 9.98. The molecular weight excluding hydrogens is 334 g/mol. The molecule has 138 valence electrons. The van der Waals surface area contributed by atoms with Gasteiger partial charge in [0.25, 0.3) is 5.91 Å². The molecule has 1 aromatic heterocycles. The van der Waals surface area contributed by atoms with Gasteiger partial charge >= 0.3 is 0 Å². The smallest absolute Gasteiger partial charge is 0.254 e. The van der Waals surface area contributed by atoms with E-state index in [1.54, 1.807) is 0 Å². The van der Waals surface area contributed by atoms with Crippen LogP contribution in [-0.2, 0) is 0 Å². The molecule has 1 aliphatic heterocycles. The standard InChI is InChI=1S/C23H25N3O/c1-15-9-10-18(16(2)12-15)22-13-20(19-7-3-4-8-21(19)25-22)23(27)26-11-5-6-17(24)14-26/h3-4,7-10,12-13,17H,5-6,11,14,24H2,1-2H3. The molecule has 0 aliphatic carbocycles. The lowest BCUT2D eigenvalue weighted by Crippen LogP contribution is -2.45. The number of carbonyl (C=O) groups is 1. The molecular formula is C23H25N3O. The third-order valence-corrected chi connectivity index (χ3v) is 5.35. The van der Waals surface area contributed by atoms with Gasteiger partial charge in [0.15, 0.2) is 0 Å². The normalized spacial score (nSPS) is 17.3. The van der Waals surface area contributed by atoms with Gasteiger partial charge in [-0.05, 0) is 44.4 Å². The largest absolute Gasteiger partial charge is 0.337 e. The van der Waals surface area contributed by atoms with Crippen LogP contribution in [0.15, 0.2) is 48.5 Å². The molecule has 1 fully saturated rings. The first-order chi connectivity index (χ1) is 13.0. The van der Waals surface area contributed by atoms with Gasteiger partial charge in [-0.25, -0.2) is 4.98 Å². The summed E-state index contributed by atoms with van der Waals surface area (Å²) in [5.41, 5.74) is 12.0. The van der Waals surface area contributed by atoms with Crippen molar-refractivity contribution in [2.75, 3.05) is 13.1 Å². The summed E-state index contributed by atoms with van der Waals surface area (Å²) in [5.74, 6) is 0.0507. The van der Waals surface area contributed by atoms with Crippen LogP contribution in [0.3, 0.4) is 0 Å². The monoisotopic (exact) mass is 359 g/mol. The van der Waals surface area contributed by atoms with Crippen LogP contribution in [0.1, 0.15) is 34.3 Å². The molecule has 27 heavy (non-hydrogen) atoms. The number of para-hydroxylation sites is 1. The molecule has 2 heterocycles. The molecule has 1 saturated heterocycles. The maximum Gasteiger partial charge on any atom is 0.254 e. The minimum absolute atomic E-state index is 0.0507. The third kappa shape index (κ3) is 3.45. The van der Waals surface area contributed by atoms with Gasteiger partial charge in [-0.15, -0.1) is 0 Å². The molecule has 1 aliphatic rings. The fourth-order valence-corrected chi connectivity index (χ4v) is 3.96. The van der Waals surface area contributed by atoms with Gasteiger partial charge in [0, 0.05) is 30.1 Å². The number of benzene rings is 2. The molecule has 0 radical (unpaired) electrons. The quantitative estimate of drug-likeness (QED) is 0.750. The first-order valence-electron chi connectivity index (χ1n) is 9.55.